The molecular formula is C13H9BrN4O2. The largest absolute Gasteiger partial charge is 0.313 e. The Labute approximate surface area is 122 Å². The van der Waals surface area contributed by atoms with Gasteiger partial charge in [0.15, 0.2) is 5.82 Å². The first-order chi connectivity index (χ1) is 9.63. The minimum Gasteiger partial charge on any atom is -0.313 e. The first-order valence-electron chi connectivity index (χ1n) is 5.84. The van der Waals surface area contributed by atoms with Gasteiger partial charge in [0.2, 0.25) is 0 Å². The molecule has 0 atom stereocenters. The van der Waals surface area contributed by atoms with Gasteiger partial charge in [-0.2, -0.15) is 10.1 Å². The van der Waals surface area contributed by atoms with E-state index in [1.165, 1.54) is 12.4 Å². The first kappa shape index (κ1) is 12.7. The van der Waals surface area contributed by atoms with Crippen LogP contribution >= 0.6 is 15.9 Å². The van der Waals surface area contributed by atoms with Gasteiger partial charge < -0.3 is 4.98 Å². The zero-order valence-corrected chi connectivity index (χ0v) is 11.8. The number of hydrogen-bond donors (Lipinski definition) is 1. The molecule has 0 bridgehead atoms. The Hall–Kier alpha value is -2.28. The monoisotopic (exact) mass is 332 g/mol. The maximum Gasteiger partial charge on any atom is 0.254 e. The third-order valence-corrected chi connectivity index (χ3v) is 3.31. The van der Waals surface area contributed by atoms with Crippen molar-refractivity contribution >= 4 is 33.4 Å². The van der Waals surface area contributed by atoms with E-state index in [-0.39, 0.29) is 23.7 Å². The predicted molar refractivity (Wildman–Crippen MR) is 77.6 cm³/mol. The Morgan fingerprint density at radius 1 is 1.25 bits per heavy atom. The number of aromatic amines is 1. The normalized spacial score (nSPS) is 14.6. The van der Waals surface area contributed by atoms with Gasteiger partial charge >= 0.3 is 0 Å². The number of nitrogens with zero attached hydrogens (tertiary/aromatic N) is 3. The summed E-state index contributed by atoms with van der Waals surface area (Å²) in [6.45, 7) is 0. The number of anilines is 1. The summed E-state index contributed by atoms with van der Waals surface area (Å²) in [6.07, 6.45) is 1.43. The van der Waals surface area contributed by atoms with Gasteiger partial charge in [-0.15, -0.1) is 0 Å². The fourth-order valence-corrected chi connectivity index (χ4v) is 2.31. The lowest BCUT2D eigenvalue weighted by Gasteiger charge is -2.08. The van der Waals surface area contributed by atoms with Crippen molar-refractivity contribution < 1.29 is 4.79 Å². The number of carbonyl (C=O) groups is 1. The second-order valence-electron chi connectivity index (χ2n) is 4.21. The fourth-order valence-electron chi connectivity index (χ4n) is 1.91. The van der Waals surface area contributed by atoms with Crippen LogP contribution in [0, 0.1) is 0 Å². The molecule has 1 aliphatic rings. The third kappa shape index (κ3) is 2.39. The van der Waals surface area contributed by atoms with E-state index < -0.39 is 0 Å². The Morgan fingerprint density at radius 3 is 2.85 bits per heavy atom. The average Bonchev–Trinajstić information content (AvgIpc) is 2.81. The van der Waals surface area contributed by atoms with E-state index in [0.29, 0.717) is 5.71 Å². The minimum atomic E-state index is -0.325. The van der Waals surface area contributed by atoms with Crippen molar-refractivity contribution in [3.63, 3.8) is 0 Å². The number of hydrazone groups is 1. The van der Waals surface area contributed by atoms with Crippen molar-refractivity contribution in [2.45, 2.75) is 6.42 Å². The first-order valence-corrected chi connectivity index (χ1v) is 6.64. The summed E-state index contributed by atoms with van der Waals surface area (Å²) in [5.41, 5.74) is 1.19. The molecule has 0 aliphatic carbocycles. The maximum absolute atomic E-state index is 12.0. The van der Waals surface area contributed by atoms with E-state index in [1.807, 2.05) is 24.3 Å². The van der Waals surface area contributed by atoms with Gasteiger partial charge in [0.25, 0.3) is 11.5 Å². The average molecular weight is 333 g/mol. The van der Waals surface area contributed by atoms with E-state index in [4.69, 9.17) is 0 Å². The summed E-state index contributed by atoms with van der Waals surface area (Å²) in [4.78, 5) is 29.6. The van der Waals surface area contributed by atoms with Crippen LogP contribution in [-0.4, -0.2) is 21.6 Å². The highest BCUT2D eigenvalue weighted by Gasteiger charge is 2.27. The zero-order valence-electron chi connectivity index (χ0n) is 10.2. The molecule has 100 valence electrons. The molecule has 3 rings (SSSR count). The molecule has 1 N–H and O–H groups in total. The SMILES string of the molecule is O=C1CC(c2cccc(Br)c2)=NN1c1cc(=O)[nH]cn1. The Morgan fingerprint density at radius 2 is 2.10 bits per heavy atom. The van der Waals surface area contributed by atoms with Crippen LogP contribution in [-0.2, 0) is 4.79 Å². The second-order valence-corrected chi connectivity index (χ2v) is 5.12. The summed E-state index contributed by atoms with van der Waals surface area (Å²) in [6, 6.07) is 8.79. The number of rotatable bonds is 2. The summed E-state index contributed by atoms with van der Waals surface area (Å²) in [7, 11) is 0. The van der Waals surface area contributed by atoms with Gasteiger partial charge in [-0.1, -0.05) is 28.1 Å². The van der Waals surface area contributed by atoms with Crippen LogP contribution in [0.5, 0.6) is 0 Å². The maximum atomic E-state index is 12.0. The predicted octanol–water partition coefficient (Wildman–Crippen LogP) is 1.67. The van der Waals surface area contributed by atoms with Gasteiger partial charge in [-0.3, -0.25) is 9.59 Å². The number of amides is 1. The highest BCUT2D eigenvalue weighted by atomic mass is 79.9. The van der Waals surface area contributed by atoms with Crippen molar-refractivity contribution in [2.75, 3.05) is 5.01 Å². The van der Waals surface area contributed by atoms with E-state index in [9.17, 15) is 9.59 Å². The van der Waals surface area contributed by atoms with Crippen LogP contribution in [0.4, 0.5) is 5.82 Å². The Bertz CT molecular complexity index is 769. The number of carbonyl (C=O) groups excluding carboxylic acids is 1. The van der Waals surface area contributed by atoms with Crippen LogP contribution in [0.25, 0.3) is 0 Å². The molecule has 2 aromatic rings. The molecule has 0 fully saturated rings. The summed E-state index contributed by atoms with van der Waals surface area (Å²) >= 11 is 3.38. The van der Waals surface area contributed by atoms with Crippen molar-refractivity contribution in [2.24, 2.45) is 5.10 Å². The van der Waals surface area contributed by atoms with E-state index in [0.717, 1.165) is 15.0 Å². The number of nitrogens with one attached hydrogen (secondary N) is 1. The summed E-state index contributed by atoms with van der Waals surface area (Å²) < 4.78 is 0.915. The van der Waals surface area contributed by atoms with E-state index >= 15 is 0 Å². The summed E-state index contributed by atoms with van der Waals surface area (Å²) in [5, 5.41) is 5.41. The lowest BCUT2D eigenvalue weighted by Crippen LogP contribution is -2.22. The van der Waals surface area contributed by atoms with Gasteiger partial charge in [-0.25, -0.2) is 4.98 Å². The van der Waals surface area contributed by atoms with E-state index in [1.54, 1.807) is 0 Å². The topological polar surface area (TPSA) is 78.4 Å². The van der Waals surface area contributed by atoms with Crippen LogP contribution in [0.1, 0.15) is 12.0 Å². The molecule has 1 amide bonds. The molecule has 20 heavy (non-hydrogen) atoms. The van der Waals surface area contributed by atoms with Gasteiger partial charge in [0, 0.05) is 10.5 Å². The number of aromatic nitrogens is 2. The molecular weight excluding hydrogens is 324 g/mol. The number of halogens is 1. The molecule has 0 radical (unpaired) electrons. The molecule has 1 aromatic carbocycles. The Balaban J connectivity index is 1.99. The number of benzene rings is 1. The van der Waals surface area contributed by atoms with Crippen molar-refractivity contribution in [3.05, 3.63) is 57.0 Å². The van der Waals surface area contributed by atoms with Gasteiger partial charge in [0.1, 0.15) is 0 Å². The molecule has 6 nitrogen and oxygen atoms in total. The van der Waals surface area contributed by atoms with Crippen LogP contribution in [0.2, 0.25) is 0 Å². The second kappa shape index (κ2) is 5.01. The van der Waals surface area contributed by atoms with Gasteiger partial charge in [-0.05, 0) is 17.7 Å². The van der Waals surface area contributed by atoms with Crippen molar-refractivity contribution in [1.29, 1.82) is 0 Å². The Kier molecular flexibility index (Phi) is 3.19. The fraction of sp³-hybridized carbons (Fsp3) is 0.0769. The van der Waals surface area contributed by atoms with Crippen molar-refractivity contribution in [1.82, 2.24) is 9.97 Å². The third-order valence-electron chi connectivity index (χ3n) is 2.81. The van der Waals surface area contributed by atoms with Crippen molar-refractivity contribution in [3.8, 4) is 0 Å². The molecule has 7 heteroatoms. The standard InChI is InChI=1S/C13H9BrN4O2/c14-9-3-1-2-8(4-9)10-5-13(20)18(17-10)11-6-12(19)16-7-15-11/h1-4,6-7H,5H2,(H,15,16,19). The highest BCUT2D eigenvalue weighted by molar-refractivity contribution is 9.10. The quantitative estimate of drug-likeness (QED) is 0.908. The molecule has 0 saturated heterocycles. The van der Waals surface area contributed by atoms with Crippen LogP contribution < -0.4 is 10.6 Å². The minimum absolute atomic E-state index is 0.185. The smallest absolute Gasteiger partial charge is 0.254 e. The van der Waals surface area contributed by atoms with Gasteiger partial charge in [0.05, 0.1) is 18.5 Å². The summed E-state index contributed by atoms with van der Waals surface area (Å²) in [5.74, 6) is 0.0156. The molecule has 2 heterocycles. The van der Waals surface area contributed by atoms with E-state index in [2.05, 4.69) is 31.0 Å². The zero-order chi connectivity index (χ0) is 14.1. The highest BCUT2D eigenvalue weighted by Crippen LogP contribution is 2.21. The lowest BCUT2D eigenvalue weighted by molar-refractivity contribution is -0.116. The number of H-pyrrole nitrogens is 1. The molecule has 0 unspecified atom stereocenters. The molecule has 1 aromatic heterocycles. The van der Waals surface area contributed by atoms with Crippen LogP contribution in [0.15, 0.2) is 51.0 Å². The van der Waals surface area contributed by atoms with Crippen LogP contribution in [0.3, 0.4) is 0 Å². The molecule has 0 spiro atoms. The molecule has 1 aliphatic heterocycles. The lowest BCUT2D eigenvalue weighted by atomic mass is 10.1. The number of hydrogen-bond acceptors (Lipinski definition) is 4. The molecule has 0 saturated carbocycles.